The van der Waals surface area contributed by atoms with E-state index in [0.717, 1.165) is 12.4 Å². The van der Waals surface area contributed by atoms with E-state index in [0.29, 0.717) is 17.3 Å². The Morgan fingerprint density at radius 3 is 2.71 bits per heavy atom. The summed E-state index contributed by atoms with van der Waals surface area (Å²) in [5.74, 6) is 0.294. The van der Waals surface area contributed by atoms with Gasteiger partial charge in [-0.25, -0.2) is 9.78 Å². The van der Waals surface area contributed by atoms with Crippen LogP contribution in [0.25, 0.3) is 0 Å². The Bertz CT molecular complexity index is 405. The highest BCUT2D eigenvalue weighted by atomic mass is 16.5. The quantitative estimate of drug-likeness (QED) is 0.807. The molecule has 2 N–H and O–H groups in total. The highest BCUT2D eigenvalue weighted by Crippen LogP contribution is 2.20. The summed E-state index contributed by atoms with van der Waals surface area (Å²) >= 11 is 0. The van der Waals surface area contributed by atoms with Crippen molar-refractivity contribution in [3.63, 3.8) is 0 Å². The van der Waals surface area contributed by atoms with Crippen LogP contribution < -0.4 is 10.6 Å². The number of nitrogen functional groups attached to an aromatic ring is 1. The lowest BCUT2D eigenvalue weighted by Gasteiger charge is -2.26. The van der Waals surface area contributed by atoms with Gasteiger partial charge in [-0.2, -0.15) is 0 Å². The van der Waals surface area contributed by atoms with Gasteiger partial charge in [0.2, 0.25) is 0 Å². The lowest BCUT2D eigenvalue weighted by molar-refractivity contribution is 0.0602. The fourth-order valence-corrected chi connectivity index (χ4v) is 1.69. The number of ether oxygens (including phenoxy) is 1. The second kappa shape index (κ2) is 5.52. The highest BCUT2D eigenvalue weighted by Gasteiger charge is 2.15. The zero-order chi connectivity index (χ0) is 13.0. The summed E-state index contributed by atoms with van der Waals surface area (Å²) in [6, 6.07) is 1.98. The minimum absolute atomic E-state index is 0.307. The van der Waals surface area contributed by atoms with Crippen LogP contribution in [0.2, 0.25) is 0 Å². The number of nitrogens with two attached hydrogens (primary N) is 1. The SMILES string of the molecule is CCN(c1cc(C(=O)OC)c(N)cn1)C(C)C. The number of hydrogen-bond donors (Lipinski definition) is 1. The van der Waals surface area contributed by atoms with Crippen LogP contribution in [0.5, 0.6) is 0 Å². The van der Waals surface area contributed by atoms with E-state index in [9.17, 15) is 4.79 Å². The maximum atomic E-state index is 11.5. The Labute approximate surface area is 102 Å². The van der Waals surface area contributed by atoms with Crippen molar-refractivity contribution >= 4 is 17.5 Å². The molecule has 0 saturated carbocycles. The van der Waals surface area contributed by atoms with E-state index in [1.807, 2.05) is 6.92 Å². The highest BCUT2D eigenvalue weighted by molar-refractivity contribution is 5.95. The Morgan fingerprint density at radius 2 is 2.24 bits per heavy atom. The number of aromatic nitrogens is 1. The fourth-order valence-electron chi connectivity index (χ4n) is 1.69. The van der Waals surface area contributed by atoms with Crippen LogP contribution in [0.3, 0.4) is 0 Å². The van der Waals surface area contributed by atoms with E-state index in [4.69, 9.17) is 5.73 Å². The van der Waals surface area contributed by atoms with Crippen LogP contribution >= 0.6 is 0 Å². The third kappa shape index (κ3) is 2.87. The van der Waals surface area contributed by atoms with Gasteiger partial charge in [0.1, 0.15) is 5.82 Å². The van der Waals surface area contributed by atoms with Crippen LogP contribution in [0.4, 0.5) is 11.5 Å². The summed E-state index contributed by atoms with van der Waals surface area (Å²) in [7, 11) is 1.34. The molecule has 0 aromatic carbocycles. The molecule has 1 aromatic rings. The number of hydrogen-bond acceptors (Lipinski definition) is 5. The number of carbonyl (C=O) groups is 1. The van der Waals surface area contributed by atoms with E-state index in [2.05, 4.69) is 28.5 Å². The zero-order valence-corrected chi connectivity index (χ0v) is 10.7. The summed E-state index contributed by atoms with van der Waals surface area (Å²) in [4.78, 5) is 17.8. The summed E-state index contributed by atoms with van der Waals surface area (Å²) in [5.41, 5.74) is 6.39. The number of rotatable bonds is 4. The van der Waals surface area contributed by atoms with E-state index in [1.165, 1.54) is 13.3 Å². The molecule has 1 rings (SSSR count). The van der Waals surface area contributed by atoms with Crippen molar-refractivity contribution in [3.8, 4) is 0 Å². The van der Waals surface area contributed by atoms with E-state index < -0.39 is 5.97 Å². The van der Waals surface area contributed by atoms with Crippen molar-refractivity contribution in [1.29, 1.82) is 0 Å². The molecule has 0 saturated heterocycles. The van der Waals surface area contributed by atoms with Crippen LogP contribution in [0, 0.1) is 0 Å². The van der Waals surface area contributed by atoms with Crippen molar-refractivity contribution in [2.75, 3.05) is 24.3 Å². The number of nitrogens with zero attached hydrogens (tertiary/aromatic N) is 2. The normalized spacial score (nSPS) is 10.4. The largest absolute Gasteiger partial charge is 0.465 e. The van der Waals surface area contributed by atoms with Gasteiger partial charge in [0.15, 0.2) is 0 Å². The van der Waals surface area contributed by atoms with Gasteiger partial charge in [-0.15, -0.1) is 0 Å². The predicted octanol–water partition coefficient (Wildman–Crippen LogP) is 1.69. The van der Waals surface area contributed by atoms with Crippen molar-refractivity contribution < 1.29 is 9.53 Å². The molecule has 94 valence electrons. The molecule has 5 heteroatoms. The van der Waals surface area contributed by atoms with Crippen molar-refractivity contribution in [2.45, 2.75) is 26.8 Å². The Balaban J connectivity index is 3.15. The van der Waals surface area contributed by atoms with E-state index in [1.54, 1.807) is 6.07 Å². The van der Waals surface area contributed by atoms with Gasteiger partial charge in [0.25, 0.3) is 0 Å². The number of pyridine rings is 1. The first-order chi connectivity index (χ1) is 8.01. The van der Waals surface area contributed by atoms with Crippen LogP contribution in [0.15, 0.2) is 12.3 Å². The monoisotopic (exact) mass is 237 g/mol. The first-order valence-corrected chi connectivity index (χ1v) is 5.61. The first-order valence-electron chi connectivity index (χ1n) is 5.61. The van der Waals surface area contributed by atoms with Crippen molar-refractivity contribution in [3.05, 3.63) is 17.8 Å². The second-order valence-corrected chi connectivity index (χ2v) is 4.00. The molecule has 0 amide bonds. The Kier molecular flexibility index (Phi) is 4.31. The van der Waals surface area contributed by atoms with Crippen molar-refractivity contribution in [2.24, 2.45) is 0 Å². The van der Waals surface area contributed by atoms with Gasteiger partial charge in [0, 0.05) is 12.6 Å². The minimum atomic E-state index is -0.439. The molecule has 0 aliphatic rings. The Morgan fingerprint density at radius 1 is 1.59 bits per heavy atom. The summed E-state index contributed by atoms with van der Waals surface area (Å²) in [6.45, 7) is 6.99. The summed E-state index contributed by atoms with van der Waals surface area (Å²) in [6.07, 6.45) is 1.49. The van der Waals surface area contributed by atoms with Gasteiger partial charge in [0.05, 0.1) is 24.6 Å². The average molecular weight is 237 g/mol. The number of methoxy groups -OCH3 is 1. The summed E-state index contributed by atoms with van der Waals surface area (Å²) < 4.78 is 4.68. The average Bonchev–Trinajstić information content (AvgIpc) is 2.30. The second-order valence-electron chi connectivity index (χ2n) is 4.00. The van der Waals surface area contributed by atoms with Gasteiger partial charge in [-0.05, 0) is 26.8 Å². The van der Waals surface area contributed by atoms with E-state index in [-0.39, 0.29) is 0 Å². The third-order valence-electron chi connectivity index (χ3n) is 2.58. The zero-order valence-electron chi connectivity index (χ0n) is 10.7. The standard InChI is InChI=1S/C12H19N3O2/c1-5-15(8(2)3)11-6-9(12(16)17-4)10(13)7-14-11/h6-8H,5,13H2,1-4H3. The van der Waals surface area contributed by atoms with Crippen LogP contribution in [-0.4, -0.2) is 30.6 Å². The Hall–Kier alpha value is -1.78. The molecule has 0 radical (unpaired) electrons. The van der Waals surface area contributed by atoms with Gasteiger partial charge >= 0.3 is 5.97 Å². The number of esters is 1. The molecule has 1 aromatic heterocycles. The van der Waals surface area contributed by atoms with Gasteiger partial charge in [-0.3, -0.25) is 0 Å². The number of carbonyl (C=O) groups excluding carboxylic acids is 1. The topological polar surface area (TPSA) is 68.5 Å². The minimum Gasteiger partial charge on any atom is -0.465 e. The molecule has 0 aliphatic heterocycles. The third-order valence-corrected chi connectivity index (χ3v) is 2.58. The molecular weight excluding hydrogens is 218 g/mol. The van der Waals surface area contributed by atoms with E-state index >= 15 is 0 Å². The molecule has 1 heterocycles. The summed E-state index contributed by atoms with van der Waals surface area (Å²) in [5, 5.41) is 0. The number of anilines is 2. The maximum absolute atomic E-state index is 11.5. The van der Waals surface area contributed by atoms with Gasteiger partial charge in [-0.1, -0.05) is 0 Å². The predicted molar refractivity (Wildman–Crippen MR) is 68.1 cm³/mol. The fraction of sp³-hybridized carbons (Fsp3) is 0.500. The lowest BCUT2D eigenvalue weighted by atomic mass is 10.2. The molecule has 17 heavy (non-hydrogen) atoms. The molecule has 0 fully saturated rings. The molecule has 0 bridgehead atoms. The molecule has 0 atom stereocenters. The van der Waals surface area contributed by atoms with Gasteiger partial charge < -0.3 is 15.4 Å². The molecule has 5 nitrogen and oxygen atoms in total. The van der Waals surface area contributed by atoms with Crippen molar-refractivity contribution in [1.82, 2.24) is 4.98 Å². The molecule has 0 aliphatic carbocycles. The lowest BCUT2D eigenvalue weighted by Crippen LogP contribution is -2.31. The molecule has 0 spiro atoms. The van der Waals surface area contributed by atoms with Crippen LogP contribution in [-0.2, 0) is 4.74 Å². The smallest absolute Gasteiger partial charge is 0.340 e. The first kappa shape index (κ1) is 13.3. The van der Waals surface area contributed by atoms with Crippen LogP contribution in [0.1, 0.15) is 31.1 Å². The molecular formula is C12H19N3O2. The molecule has 0 unspecified atom stereocenters. The maximum Gasteiger partial charge on any atom is 0.340 e.